The van der Waals surface area contributed by atoms with E-state index in [2.05, 4.69) is 11.3 Å². The highest BCUT2D eigenvalue weighted by molar-refractivity contribution is 5.78. The summed E-state index contributed by atoms with van der Waals surface area (Å²) in [5.41, 5.74) is 0. The molecule has 74 valence electrons. The van der Waals surface area contributed by atoms with E-state index < -0.39 is 18.0 Å². The van der Waals surface area contributed by atoms with Crippen molar-refractivity contribution in [1.82, 2.24) is 0 Å². The van der Waals surface area contributed by atoms with E-state index in [4.69, 9.17) is 4.74 Å². The monoisotopic (exact) mass is 186 g/mol. The molecule has 0 N–H and O–H groups in total. The van der Waals surface area contributed by atoms with Crippen molar-refractivity contribution in [3.05, 3.63) is 12.7 Å². The topological polar surface area (TPSA) is 52.6 Å². The Kier molecular flexibility index (Phi) is 5.59. The highest BCUT2D eigenvalue weighted by atomic mass is 16.6. The summed E-state index contributed by atoms with van der Waals surface area (Å²) in [4.78, 5) is 21.8. The summed E-state index contributed by atoms with van der Waals surface area (Å²) in [7, 11) is 0. The van der Waals surface area contributed by atoms with Crippen LogP contribution in [0.4, 0.5) is 0 Å². The lowest BCUT2D eigenvalue weighted by atomic mass is 10.4. The number of rotatable bonds is 5. The van der Waals surface area contributed by atoms with Gasteiger partial charge >= 0.3 is 11.9 Å². The highest BCUT2D eigenvalue weighted by Gasteiger charge is 2.17. The molecule has 0 amide bonds. The van der Waals surface area contributed by atoms with Crippen molar-refractivity contribution < 1.29 is 19.1 Å². The van der Waals surface area contributed by atoms with Crippen molar-refractivity contribution in [2.75, 3.05) is 6.61 Å². The maximum Gasteiger partial charge on any atom is 0.347 e. The third-order valence-corrected chi connectivity index (χ3v) is 1.27. The van der Waals surface area contributed by atoms with Gasteiger partial charge in [0, 0.05) is 6.42 Å². The predicted molar refractivity (Wildman–Crippen MR) is 47.0 cm³/mol. The molecule has 0 fully saturated rings. The van der Waals surface area contributed by atoms with Crippen LogP contribution in [0.5, 0.6) is 0 Å². The zero-order valence-electron chi connectivity index (χ0n) is 7.91. The van der Waals surface area contributed by atoms with Crippen LogP contribution in [0.3, 0.4) is 0 Å². The molecule has 0 aromatic heterocycles. The Morgan fingerprint density at radius 1 is 1.54 bits per heavy atom. The van der Waals surface area contributed by atoms with E-state index in [1.54, 1.807) is 6.92 Å². The molecule has 0 spiro atoms. The van der Waals surface area contributed by atoms with Crippen LogP contribution in [0.1, 0.15) is 20.3 Å². The van der Waals surface area contributed by atoms with Gasteiger partial charge in [0.05, 0.1) is 0 Å². The molecule has 4 nitrogen and oxygen atoms in total. The molecule has 1 atom stereocenters. The number of carbonyl (C=O) groups excluding carboxylic acids is 2. The Bertz CT molecular complexity index is 198. The molecule has 0 aromatic carbocycles. The number of esters is 2. The van der Waals surface area contributed by atoms with Crippen LogP contribution in [0.15, 0.2) is 12.7 Å². The van der Waals surface area contributed by atoms with Crippen molar-refractivity contribution in [3.63, 3.8) is 0 Å². The van der Waals surface area contributed by atoms with Gasteiger partial charge in [0.1, 0.15) is 6.61 Å². The average Bonchev–Trinajstić information content (AvgIpc) is 2.13. The maximum atomic E-state index is 11.0. The van der Waals surface area contributed by atoms with Gasteiger partial charge in [-0.2, -0.15) is 0 Å². The summed E-state index contributed by atoms with van der Waals surface area (Å²) in [6.07, 6.45) is 0.859. The van der Waals surface area contributed by atoms with Crippen LogP contribution in [0.25, 0.3) is 0 Å². The smallest absolute Gasteiger partial charge is 0.347 e. The van der Waals surface area contributed by atoms with E-state index in [1.807, 2.05) is 0 Å². The van der Waals surface area contributed by atoms with E-state index in [0.29, 0.717) is 0 Å². The minimum atomic E-state index is -0.840. The fourth-order valence-corrected chi connectivity index (χ4v) is 0.587. The minimum absolute atomic E-state index is 0.132. The van der Waals surface area contributed by atoms with Gasteiger partial charge in [-0.3, -0.25) is 4.79 Å². The fourth-order valence-electron chi connectivity index (χ4n) is 0.587. The Morgan fingerprint density at radius 3 is 2.62 bits per heavy atom. The van der Waals surface area contributed by atoms with Crippen molar-refractivity contribution in [2.24, 2.45) is 0 Å². The molecule has 0 saturated carbocycles. The SMILES string of the molecule is C=CCOC(=O)[C@H](C)OC(=O)CC. The summed E-state index contributed by atoms with van der Waals surface area (Å²) >= 11 is 0. The molecule has 4 heteroatoms. The Hall–Kier alpha value is -1.32. The van der Waals surface area contributed by atoms with Gasteiger partial charge in [-0.05, 0) is 6.92 Å². The molecule has 13 heavy (non-hydrogen) atoms. The van der Waals surface area contributed by atoms with Crippen LogP contribution in [0.2, 0.25) is 0 Å². The van der Waals surface area contributed by atoms with Crippen LogP contribution in [-0.4, -0.2) is 24.6 Å². The summed E-state index contributed by atoms with van der Waals surface area (Å²) in [6, 6.07) is 0. The molecular weight excluding hydrogens is 172 g/mol. The molecule has 0 unspecified atom stereocenters. The summed E-state index contributed by atoms with van der Waals surface area (Å²) in [5.74, 6) is -0.968. The lowest BCUT2D eigenvalue weighted by molar-refractivity contribution is -0.165. The van der Waals surface area contributed by atoms with Gasteiger partial charge in [0.15, 0.2) is 6.10 Å². The first-order valence-corrected chi connectivity index (χ1v) is 4.08. The van der Waals surface area contributed by atoms with Crippen LogP contribution >= 0.6 is 0 Å². The summed E-state index contributed by atoms with van der Waals surface area (Å²) < 4.78 is 9.37. The van der Waals surface area contributed by atoms with Gasteiger partial charge in [0.2, 0.25) is 0 Å². The predicted octanol–water partition coefficient (Wildman–Crippen LogP) is 1.06. The molecule has 0 bridgehead atoms. The zero-order chi connectivity index (χ0) is 10.3. The standard InChI is InChI=1S/C9H14O4/c1-4-6-12-9(11)7(3)13-8(10)5-2/h4,7H,1,5-6H2,2-3H3/t7-/m0/s1. The van der Waals surface area contributed by atoms with Gasteiger partial charge in [-0.25, -0.2) is 4.79 Å². The molecule has 0 heterocycles. The number of ether oxygens (including phenoxy) is 2. The van der Waals surface area contributed by atoms with E-state index in [0.717, 1.165) is 0 Å². The molecule has 0 aliphatic carbocycles. The lowest BCUT2D eigenvalue weighted by Gasteiger charge is -2.10. The molecule has 0 aliphatic rings. The Morgan fingerprint density at radius 2 is 2.15 bits per heavy atom. The fraction of sp³-hybridized carbons (Fsp3) is 0.556. The Labute approximate surface area is 77.5 Å². The third kappa shape index (κ3) is 5.00. The quantitative estimate of drug-likeness (QED) is 0.476. The van der Waals surface area contributed by atoms with E-state index >= 15 is 0 Å². The van der Waals surface area contributed by atoms with Crippen molar-refractivity contribution in [3.8, 4) is 0 Å². The van der Waals surface area contributed by atoms with Gasteiger partial charge in [-0.1, -0.05) is 19.6 Å². The third-order valence-electron chi connectivity index (χ3n) is 1.27. The van der Waals surface area contributed by atoms with E-state index in [-0.39, 0.29) is 13.0 Å². The van der Waals surface area contributed by atoms with Crippen molar-refractivity contribution >= 4 is 11.9 Å². The van der Waals surface area contributed by atoms with Crippen molar-refractivity contribution in [2.45, 2.75) is 26.4 Å². The molecular formula is C9H14O4. The molecule has 0 aliphatic heterocycles. The first kappa shape index (κ1) is 11.7. The highest BCUT2D eigenvalue weighted by Crippen LogP contribution is 1.97. The molecule has 0 aromatic rings. The second-order valence-corrected chi connectivity index (χ2v) is 2.40. The van der Waals surface area contributed by atoms with Crippen molar-refractivity contribution in [1.29, 1.82) is 0 Å². The number of carbonyl (C=O) groups is 2. The summed E-state index contributed by atoms with van der Waals surface area (Å²) in [6.45, 7) is 6.64. The molecule has 0 rings (SSSR count). The van der Waals surface area contributed by atoms with Gasteiger partial charge in [0.25, 0.3) is 0 Å². The lowest BCUT2D eigenvalue weighted by Crippen LogP contribution is -2.25. The largest absolute Gasteiger partial charge is 0.459 e. The number of hydrogen-bond donors (Lipinski definition) is 0. The summed E-state index contributed by atoms with van der Waals surface area (Å²) in [5, 5.41) is 0. The first-order chi connectivity index (χ1) is 6.11. The average molecular weight is 186 g/mol. The zero-order valence-corrected chi connectivity index (χ0v) is 7.91. The van der Waals surface area contributed by atoms with Gasteiger partial charge in [-0.15, -0.1) is 0 Å². The van der Waals surface area contributed by atoms with Crippen LogP contribution in [-0.2, 0) is 19.1 Å². The normalized spacial score (nSPS) is 11.5. The molecule has 0 saturated heterocycles. The number of hydrogen-bond acceptors (Lipinski definition) is 4. The maximum absolute atomic E-state index is 11.0. The van der Waals surface area contributed by atoms with E-state index in [1.165, 1.54) is 13.0 Å². The second-order valence-electron chi connectivity index (χ2n) is 2.40. The van der Waals surface area contributed by atoms with Crippen LogP contribution < -0.4 is 0 Å². The molecule has 0 radical (unpaired) electrons. The van der Waals surface area contributed by atoms with Crippen LogP contribution in [0, 0.1) is 0 Å². The van der Waals surface area contributed by atoms with Gasteiger partial charge < -0.3 is 9.47 Å². The Balaban J connectivity index is 3.81. The van der Waals surface area contributed by atoms with E-state index in [9.17, 15) is 9.59 Å². The minimum Gasteiger partial charge on any atom is -0.459 e. The first-order valence-electron chi connectivity index (χ1n) is 4.08. The second kappa shape index (κ2) is 6.22.